The third-order valence-corrected chi connectivity index (χ3v) is 5.97. The van der Waals surface area contributed by atoms with Crippen molar-refractivity contribution in [2.75, 3.05) is 11.5 Å². The molecule has 0 saturated heterocycles. The molecule has 0 radical (unpaired) electrons. The number of benzene rings is 1. The maximum atomic E-state index is 13.8. The molecule has 1 heterocycles. The summed E-state index contributed by atoms with van der Waals surface area (Å²) < 4.78 is 15.0. The van der Waals surface area contributed by atoms with Gasteiger partial charge in [0, 0.05) is 6.07 Å². The van der Waals surface area contributed by atoms with Crippen LogP contribution < -0.4 is 0 Å². The van der Waals surface area contributed by atoms with E-state index in [0.717, 1.165) is 17.1 Å². The van der Waals surface area contributed by atoms with Gasteiger partial charge in [-0.1, -0.05) is 44.2 Å². The van der Waals surface area contributed by atoms with Gasteiger partial charge >= 0.3 is 0 Å². The third kappa shape index (κ3) is 4.38. The molecule has 6 heteroatoms. The highest BCUT2D eigenvalue weighted by Crippen LogP contribution is 2.29. The van der Waals surface area contributed by atoms with Crippen LogP contribution in [0.2, 0.25) is 0 Å². The Morgan fingerprint density at radius 1 is 1.22 bits per heavy atom. The first-order valence-electron chi connectivity index (χ1n) is 7.65. The Kier molecular flexibility index (Phi) is 6.72. The smallest absolute Gasteiger partial charge is 0.233 e. The van der Waals surface area contributed by atoms with Crippen LogP contribution in [0.4, 0.5) is 4.39 Å². The number of hydrogen-bond acceptors (Lipinski definition) is 4. The summed E-state index contributed by atoms with van der Waals surface area (Å²) in [6, 6.07) is 10.7. The lowest BCUT2D eigenvalue weighted by molar-refractivity contribution is 0.0999. The Morgan fingerprint density at radius 2 is 1.83 bits per heavy atom. The predicted molar refractivity (Wildman–Crippen MR) is 96.8 cm³/mol. The molecule has 3 nitrogen and oxygen atoms in total. The summed E-state index contributed by atoms with van der Waals surface area (Å²) in [5.74, 6) is 1.00. The second-order valence-electron chi connectivity index (χ2n) is 4.99. The fourth-order valence-electron chi connectivity index (χ4n) is 2.34. The molecule has 0 aliphatic rings. The quantitative estimate of drug-likeness (QED) is 0.512. The van der Waals surface area contributed by atoms with Crippen molar-refractivity contribution in [3.05, 3.63) is 53.6 Å². The zero-order valence-corrected chi connectivity index (χ0v) is 15.2. The topological polar surface area (TPSA) is 34.9 Å². The first-order valence-corrected chi connectivity index (χ1v) is 9.75. The zero-order valence-electron chi connectivity index (χ0n) is 13.5. The highest BCUT2D eigenvalue weighted by Gasteiger charge is 2.26. The van der Waals surface area contributed by atoms with Gasteiger partial charge in [-0.3, -0.25) is 9.48 Å². The van der Waals surface area contributed by atoms with Crippen molar-refractivity contribution in [2.45, 2.75) is 31.4 Å². The minimum atomic E-state index is -0.613. The van der Waals surface area contributed by atoms with Crippen molar-refractivity contribution in [3.8, 4) is 0 Å². The molecule has 0 amide bonds. The Hall–Kier alpha value is -1.27. The van der Waals surface area contributed by atoms with E-state index in [1.165, 1.54) is 10.7 Å². The lowest BCUT2D eigenvalue weighted by Crippen LogP contribution is -2.21. The van der Waals surface area contributed by atoms with Crippen molar-refractivity contribution in [3.63, 3.8) is 0 Å². The molecular weight excluding hydrogens is 331 g/mol. The average molecular weight is 353 g/mol. The predicted octanol–water partition coefficient (Wildman–Crippen LogP) is 4.65. The minimum Gasteiger partial charge on any atom is -0.290 e. The zero-order chi connectivity index (χ0) is 16.8. The van der Waals surface area contributed by atoms with Gasteiger partial charge in [-0.05, 0) is 24.0 Å². The van der Waals surface area contributed by atoms with Crippen molar-refractivity contribution in [2.24, 2.45) is 0 Å². The van der Waals surface area contributed by atoms with Gasteiger partial charge in [0.05, 0.1) is 6.04 Å². The number of carbonyl (C=O) groups excluding carboxylic acids is 1. The third-order valence-electron chi connectivity index (χ3n) is 3.46. The Labute approximate surface area is 145 Å². The lowest BCUT2D eigenvalue weighted by atomic mass is 10.1. The van der Waals surface area contributed by atoms with Crippen molar-refractivity contribution in [1.82, 2.24) is 9.78 Å². The molecule has 0 unspecified atom stereocenters. The molecule has 0 aliphatic carbocycles. The van der Waals surface area contributed by atoms with E-state index >= 15 is 0 Å². The fraction of sp³-hybridized carbons (Fsp3) is 0.412. The van der Waals surface area contributed by atoms with Gasteiger partial charge in [0.1, 0.15) is 10.3 Å². The summed E-state index contributed by atoms with van der Waals surface area (Å²) in [5, 5.41) is 3.92. The van der Waals surface area contributed by atoms with E-state index in [0.29, 0.717) is 5.69 Å². The van der Waals surface area contributed by atoms with Gasteiger partial charge in [0.2, 0.25) is 11.7 Å². The molecule has 0 saturated carbocycles. The molecule has 124 valence electrons. The molecule has 2 rings (SSSR count). The number of Topliss-reactive ketones (excluding diaryl/α,β-unsaturated/α-hetero) is 1. The van der Waals surface area contributed by atoms with Gasteiger partial charge in [-0.25, -0.2) is 0 Å². The minimum absolute atomic E-state index is 0.0668. The fourth-order valence-corrected chi connectivity index (χ4v) is 4.69. The van der Waals surface area contributed by atoms with Crippen LogP contribution in [0.5, 0.6) is 0 Å². The van der Waals surface area contributed by atoms with Crippen molar-refractivity contribution < 1.29 is 9.18 Å². The molecule has 0 fully saturated rings. The van der Waals surface area contributed by atoms with Crippen LogP contribution in [0.25, 0.3) is 0 Å². The van der Waals surface area contributed by atoms with Crippen LogP contribution >= 0.6 is 23.5 Å². The first kappa shape index (κ1) is 18.1. The number of thioether (sulfide) groups is 2. The van der Waals surface area contributed by atoms with E-state index in [-0.39, 0.29) is 16.4 Å². The SMILES string of the molecule is CCSC(SCC)C(=O)c1cc(F)nn1[C@H](C)c1ccccc1. The standard InChI is InChI=1S/C17H21FN2OS2/c1-4-22-17(23-5-2)16(21)14-11-15(18)19-20(14)12(3)13-9-7-6-8-10-13/h6-12,17H,4-5H2,1-3H3/t12-/m1/s1. The summed E-state index contributed by atoms with van der Waals surface area (Å²) in [4.78, 5) is 12.8. The summed E-state index contributed by atoms with van der Waals surface area (Å²) >= 11 is 3.16. The van der Waals surface area contributed by atoms with Crippen LogP contribution in [0.1, 0.15) is 42.9 Å². The summed E-state index contributed by atoms with van der Waals surface area (Å²) in [6.45, 7) is 5.96. The maximum Gasteiger partial charge on any atom is 0.233 e. The molecule has 23 heavy (non-hydrogen) atoms. The second kappa shape index (κ2) is 8.55. The van der Waals surface area contributed by atoms with E-state index in [1.807, 2.05) is 51.1 Å². The summed E-state index contributed by atoms with van der Waals surface area (Å²) in [6.07, 6.45) is 0. The van der Waals surface area contributed by atoms with Gasteiger partial charge in [0.15, 0.2) is 0 Å². The Morgan fingerprint density at radius 3 is 2.39 bits per heavy atom. The number of hydrogen-bond donors (Lipinski definition) is 0. The van der Waals surface area contributed by atoms with Crippen LogP contribution in [0, 0.1) is 5.95 Å². The summed E-state index contributed by atoms with van der Waals surface area (Å²) in [7, 11) is 0. The highest BCUT2D eigenvalue weighted by atomic mass is 32.2. The second-order valence-corrected chi connectivity index (χ2v) is 8.05. The maximum absolute atomic E-state index is 13.8. The number of aromatic nitrogens is 2. The number of carbonyl (C=O) groups is 1. The van der Waals surface area contributed by atoms with Crippen molar-refractivity contribution >= 4 is 29.3 Å². The van der Waals surface area contributed by atoms with Gasteiger partial charge in [-0.15, -0.1) is 28.6 Å². The molecule has 0 bridgehead atoms. The summed E-state index contributed by atoms with van der Waals surface area (Å²) in [5.41, 5.74) is 1.33. The van der Waals surface area contributed by atoms with Gasteiger partial charge in [0.25, 0.3) is 0 Å². The van der Waals surface area contributed by atoms with E-state index < -0.39 is 5.95 Å². The Balaban J connectivity index is 2.34. The van der Waals surface area contributed by atoms with Crippen LogP contribution in [-0.2, 0) is 0 Å². The van der Waals surface area contributed by atoms with Crippen LogP contribution in [-0.4, -0.2) is 31.7 Å². The van der Waals surface area contributed by atoms with E-state index in [9.17, 15) is 9.18 Å². The molecule has 1 atom stereocenters. The molecule has 0 N–H and O–H groups in total. The Bertz CT molecular complexity index is 639. The van der Waals surface area contributed by atoms with Crippen molar-refractivity contribution in [1.29, 1.82) is 0 Å². The lowest BCUT2D eigenvalue weighted by Gasteiger charge is -2.18. The van der Waals surface area contributed by atoms with E-state index in [1.54, 1.807) is 23.5 Å². The van der Waals surface area contributed by atoms with Crippen LogP contribution in [0.15, 0.2) is 36.4 Å². The highest BCUT2D eigenvalue weighted by molar-refractivity contribution is 8.18. The van der Waals surface area contributed by atoms with E-state index in [4.69, 9.17) is 0 Å². The largest absolute Gasteiger partial charge is 0.290 e. The van der Waals surface area contributed by atoms with Crippen LogP contribution in [0.3, 0.4) is 0 Å². The van der Waals surface area contributed by atoms with Gasteiger partial charge in [-0.2, -0.15) is 4.39 Å². The van der Waals surface area contributed by atoms with E-state index in [2.05, 4.69) is 5.10 Å². The average Bonchev–Trinajstić information content (AvgIpc) is 2.96. The molecule has 1 aromatic heterocycles. The normalized spacial score (nSPS) is 12.6. The van der Waals surface area contributed by atoms with Gasteiger partial charge < -0.3 is 0 Å². The molecule has 0 aliphatic heterocycles. The monoisotopic (exact) mass is 352 g/mol. The number of nitrogens with zero attached hydrogens (tertiary/aromatic N) is 2. The molecular formula is C17H21FN2OS2. The molecule has 2 aromatic rings. The molecule has 0 spiro atoms. The molecule has 1 aromatic carbocycles. The number of rotatable bonds is 8. The number of halogens is 1. The first-order chi connectivity index (χ1) is 11.1. The number of ketones is 1.